The van der Waals surface area contributed by atoms with Crippen molar-refractivity contribution in [3.63, 3.8) is 0 Å². The Morgan fingerprint density at radius 3 is 2.87 bits per heavy atom. The Morgan fingerprint density at radius 1 is 1.26 bits per heavy atom. The van der Waals surface area contributed by atoms with Crippen molar-refractivity contribution in [3.05, 3.63) is 66.1 Å². The molecule has 23 heavy (non-hydrogen) atoms. The molecule has 1 N–H and O–H groups in total. The second-order valence-corrected chi connectivity index (χ2v) is 5.79. The number of amides is 1. The first-order valence-corrected chi connectivity index (χ1v) is 7.93. The maximum Gasteiger partial charge on any atom is 0.240 e. The van der Waals surface area contributed by atoms with E-state index in [0.29, 0.717) is 6.54 Å². The number of fused-ring (bicyclic) bond motifs is 1. The molecule has 0 spiro atoms. The van der Waals surface area contributed by atoms with Crippen LogP contribution in [0.15, 0.2) is 54.9 Å². The van der Waals surface area contributed by atoms with Gasteiger partial charge >= 0.3 is 0 Å². The quantitative estimate of drug-likeness (QED) is 0.782. The number of benzene rings is 1. The van der Waals surface area contributed by atoms with Gasteiger partial charge in [-0.05, 0) is 48.6 Å². The topological polar surface area (TPSA) is 46.9 Å². The molecule has 0 aliphatic heterocycles. The minimum absolute atomic E-state index is 0.00140. The average molecular weight is 307 g/mol. The molecule has 0 radical (unpaired) electrons. The van der Waals surface area contributed by atoms with E-state index in [9.17, 15) is 4.79 Å². The Hall–Kier alpha value is -2.62. The van der Waals surface area contributed by atoms with E-state index < -0.39 is 0 Å². The molecule has 0 bridgehead atoms. The Kier molecular flexibility index (Phi) is 4.42. The molecule has 1 amide bonds. The average Bonchev–Trinajstić information content (AvgIpc) is 2.96. The van der Waals surface area contributed by atoms with Gasteiger partial charge in [0.15, 0.2) is 0 Å². The van der Waals surface area contributed by atoms with Gasteiger partial charge in [-0.3, -0.25) is 9.78 Å². The summed E-state index contributed by atoms with van der Waals surface area (Å²) in [5, 5.41) is 4.24. The van der Waals surface area contributed by atoms with E-state index in [4.69, 9.17) is 0 Å². The third-order valence-electron chi connectivity index (χ3n) is 4.03. The third kappa shape index (κ3) is 3.42. The number of para-hydroxylation sites is 1. The number of carbonyl (C=O) groups is 1. The van der Waals surface area contributed by atoms with E-state index in [1.807, 2.05) is 54.1 Å². The van der Waals surface area contributed by atoms with Crippen LogP contribution in [0, 0.1) is 6.92 Å². The van der Waals surface area contributed by atoms with Gasteiger partial charge in [0, 0.05) is 17.9 Å². The number of hydrogen-bond acceptors (Lipinski definition) is 2. The van der Waals surface area contributed by atoms with Crippen LogP contribution in [-0.2, 0) is 11.3 Å². The lowest BCUT2D eigenvalue weighted by Crippen LogP contribution is -2.31. The summed E-state index contributed by atoms with van der Waals surface area (Å²) in [7, 11) is 0. The maximum absolute atomic E-state index is 12.4. The van der Waals surface area contributed by atoms with Gasteiger partial charge in [-0.15, -0.1) is 0 Å². The Balaban J connectivity index is 1.73. The van der Waals surface area contributed by atoms with Crippen molar-refractivity contribution in [1.82, 2.24) is 14.9 Å². The van der Waals surface area contributed by atoms with Crippen LogP contribution in [0.2, 0.25) is 0 Å². The first kappa shape index (κ1) is 15.3. The molecule has 4 heteroatoms. The summed E-state index contributed by atoms with van der Waals surface area (Å²) in [5.41, 5.74) is 3.14. The zero-order chi connectivity index (χ0) is 16.2. The summed E-state index contributed by atoms with van der Waals surface area (Å²) < 4.78 is 1.97. The van der Waals surface area contributed by atoms with E-state index in [1.165, 1.54) is 0 Å². The molecule has 0 saturated heterocycles. The highest BCUT2D eigenvalue weighted by molar-refractivity contribution is 5.83. The standard InChI is InChI=1S/C19H21N3O/c1-3-16(17-12-14(2)8-10-20-17)21-19(23)13-22-11-9-15-6-4-5-7-18(15)22/h4-12,16H,3,13H2,1-2H3,(H,21,23). The Bertz CT molecular complexity index is 822. The van der Waals surface area contributed by atoms with Crippen LogP contribution in [0.25, 0.3) is 10.9 Å². The highest BCUT2D eigenvalue weighted by Crippen LogP contribution is 2.17. The van der Waals surface area contributed by atoms with Crippen molar-refractivity contribution in [3.8, 4) is 0 Å². The lowest BCUT2D eigenvalue weighted by Gasteiger charge is -2.17. The summed E-state index contributed by atoms with van der Waals surface area (Å²) in [6.45, 7) is 4.40. The predicted octanol–water partition coefficient (Wildman–Crippen LogP) is 3.61. The van der Waals surface area contributed by atoms with Crippen molar-refractivity contribution in [2.75, 3.05) is 0 Å². The number of carbonyl (C=O) groups excluding carboxylic acids is 1. The summed E-state index contributed by atoms with van der Waals surface area (Å²) in [6.07, 6.45) is 4.56. The molecule has 4 nitrogen and oxygen atoms in total. The molecule has 0 aliphatic carbocycles. The second-order valence-electron chi connectivity index (χ2n) is 5.79. The lowest BCUT2D eigenvalue weighted by molar-refractivity contribution is -0.122. The zero-order valence-electron chi connectivity index (χ0n) is 13.5. The van der Waals surface area contributed by atoms with E-state index in [0.717, 1.165) is 28.6 Å². The van der Waals surface area contributed by atoms with E-state index >= 15 is 0 Å². The maximum atomic E-state index is 12.4. The number of hydrogen-bond donors (Lipinski definition) is 1. The molecule has 2 aromatic heterocycles. The fourth-order valence-electron chi connectivity index (χ4n) is 2.81. The van der Waals surface area contributed by atoms with Crippen molar-refractivity contribution < 1.29 is 4.79 Å². The van der Waals surface area contributed by atoms with E-state index in [1.54, 1.807) is 6.20 Å². The molecule has 2 heterocycles. The van der Waals surface area contributed by atoms with Gasteiger partial charge in [0.25, 0.3) is 0 Å². The highest BCUT2D eigenvalue weighted by atomic mass is 16.2. The summed E-state index contributed by atoms with van der Waals surface area (Å²) in [5.74, 6) is 0.00140. The molecule has 1 atom stereocenters. The van der Waals surface area contributed by atoms with Crippen molar-refractivity contribution >= 4 is 16.8 Å². The first-order chi connectivity index (χ1) is 11.2. The van der Waals surface area contributed by atoms with Crippen LogP contribution in [-0.4, -0.2) is 15.5 Å². The van der Waals surface area contributed by atoms with Gasteiger partial charge in [-0.1, -0.05) is 25.1 Å². The molecule has 0 saturated carbocycles. The summed E-state index contributed by atoms with van der Waals surface area (Å²) in [4.78, 5) is 16.8. The van der Waals surface area contributed by atoms with Crippen LogP contribution < -0.4 is 5.32 Å². The highest BCUT2D eigenvalue weighted by Gasteiger charge is 2.15. The number of nitrogens with one attached hydrogen (secondary N) is 1. The molecular weight excluding hydrogens is 286 g/mol. The summed E-state index contributed by atoms with van der Waals surface area (Å²) >= 11 is 0. The van der Waals surface area contributed by atoms with Gasteiger partial charge in [0.05, 0.1) is 11.7 Å². The van der Waals surface area contributed by atoms with Gasteiger partial charge in [-0.25, -0.2) is 0 Å². The molecule has 0 aliphatic rings. The molecule has 3 rings (SSSR count). The molecule has 118 valence electrons. The molecule has 1 unspecified atom stereocenters. The SMILES string of the molecule is CCC(NC(=O)Cn1ccc2ccccc21)c1cc(C)ccn1. The minimum atomic E-state index is -0.0516. The van der Waals surface area contributed by atoms with Gasteiger partial charge < -0.3 is 9.88 Å². The minimum Gasteiger partial charge on any atom is -0.346 e. The van der Waals surface area contributed by atoms with Crippen LogP contribution >= 0.6 is 0 Å². The molecular formula is C19H21N3O. The van der Waals surface area contributed by atoms with E-state index in [2.05, 4.69) is 23.3 Å². The van der Waals surface area contributed by atoms with Crippen molar-refractivity contribution in [2.45, 2.75) is 32.9 Å². The van der Waals surface area contributed by atoms with E-state index in [-0.39, 0.29) is 11.9 Å². The number of nitrogens with zero attached hydrogens (tertiary/aromatic N) is 2. The largest absolute Gasteiger partial charge is 0.346 e. The predicted molar refractivity (Wildman–Crippen MR) is 92.1 cm³/mol. The Morgan fingerprint density at radius 2 is 2.09 bits per heavy atom. The van der Waals surface area contributed by atoms with Crippen molar-refractivity contribution in [2.24, 2.45) is 0 Å². The van der Waals surface area contributed by atoms with Gasteiger partial charge in [-0.2, -0.15) is 0 Å². The lowest BCUT2D eigenvalue weighted by atomic mass is 10.1. The van der Waals surface area contributed by atoms with Crippen LogP contribution in [0.4, 0.5) is 0 Å². The fraction of sp³-hybridized carbons (Fsp3) is 0.263. The third-order valence-corrected chi connectivity index (χ3v) is 4.03. The number of pyridine rings is 1. The Labute approximate surface area is 136 Å². The fourth-order valence-corrected chi connectivity index (χ4v) is 2.81. The molecule has 0 fully saturated rings. The first-order valence-electron chi connectivity index (χ1n) is 7.93. The number of rotatable bonds is 5. The second kappa shape index (κ2) is 6.65. The number of aromatic nitrogens is 2. The van der Waals surface area contributed by atoms with Crippen LogP contribution in [0.5, 0.6) is 0 Å². The number of aryl methyl sites for hydroxylation is 1. The monoisotopic (exact) mass is 307 g/mol. The van der Waals surface area contributed by atoms with Crippen LogP contribution in [0.1, 0.15) is 30.6 Å². The normalized spacial score (nSPS) is 12.3. The smallest absolute Gasteiger partial charge is 0.240 e. The molecule has 1 aromatic carbocycles. The van der Waals surface area contributed by atoms with Crippen LogP contribution in [0.3, 0.4) is 0 Å². The molecule has 3 aromatic rings. The van der Waals surface area contributed by atoms with Gasteiger partial charge in [0.1, 0.15) is 6.54 Å². The zero-order valence-corrected chi connectivity index (χ0v) is 13.5. The summed E-state index contributed by atoms with van der Waals surface area (Å²) in [6, 6.07) is 14.0. The van der Waals surface area contributed by atoms with Crippen molar-refractivity contribution in [1.29, 1.82) is 0 Å². The van der Waals surface area contributed by atoms with Gasteiger partial charge in [0.2, 0.25) is 5.91 Å².